The first kappa shape index (κ1) is 27.0. The Morgan fingerprint density at radius 1 is 1.11 bits per heavy atom. The van der Waals surface area contributed by atoms with Gasteiger partial charge in [-0.15, -0.1) is 10.8 Å². The van der Waals surface area contributed by atoms with Crippen LogP contribution in [-0.4, -0.2) is 45.7 Å². The fraction of sp³-hybridized carbons (Fsp3) is 0.345. The summed E-state index contributed by atoms with van der Waals surface area (Å²) in [5.74, 6) is 0.683. The number of ether oxygens (including phenoxy) is 3. The fourth-order valence-corrected chi connectivity index (χ4v) is 6.32. The molecule has 1 heterocycles. The van der Waals surface area contributed by atoms with E-state index < -0.39 is 10.8 Å². The number of hydrogen-bond acceptors (Lipinski definition) is 7. The van der Waals surface area contributed by atoms with Crippen molar-refractivity contribution in [1.29, 1.82) is 0 Å². The Morgan fingerprint density at radius 2 is 1.86 bits per heavy atom. The number of esters is 1. The highest BCUT2D eigenvalue weighted by molar-refractivity contribution is 8.22. The minimum atomic E-state index is -3.27. The molecule has 2 unspecified atom stereocenters. The smallest absolute Gasteiger partial charge is 0.306 e. The van der Waals surface area contributed by atoms with Gasteiger partial charge in [0.25, 0.3) is 0 Å². The Labute approximate surface area is 220 Å². The van der Waals surface area contributed by atoms with E-state index in [9.17, 15) is 13.9 Å². The molecule has 4 rings (SSSR count). The summed E-state index contributed by atoms with van der Waals surface area (Å²) in [6.45, 7) is 6.70. The van der Waals surface area contributed by atoms with Crippen molar-refractivity contribution >= 4 is 16.7 Å². The quantitative estimate of drug-likeness (QED) is 0.329. The second-order valence-corrected chi connectivity index (χ2v) is 11.2. The van der Waals surface area contributed by atoms with E-state index in [-0.39, 0.29) is 24.4 Å². The number of para-hydroxylation sites is 1. The maximum Gasteiger partial charge on any atom is 0.306 e. The van der Waals surface area contributed by atoms with E-state index in [1.165, 1.54) is 0 Å². The van der Waals surface area contributed by atoms with Crippen LogP contribution in [0.3, 0.4) is 0 Å². The van der Waals surface area contributed by atoms with Crippen molar-refractivity contribution in [2.75, 3.05) is 20.3 Å². The molecule has 0 bridgehead atoms. The summed E-state index contributed by atoms with van der Waals surface area (Å²) in [5, 5.41) is 0. The zero-order valence-electron chi connectivity index (χ0n) is 21.7. The second-order valence-electron chi connectivity index (χ2n) is 9.24. The van der Waals surface area contributed by atoms with Gasteiger partial charge in [-0.2, -0.15) is 4.31 Å². The SMILES string of the molecule is CCOC(=O)CC(c1cccc(OC)c1)c1ccc(C)c(CN2CC(C)Oc3ccccc3S2(O)O)c1. The molecule has 0 saturated heterocycles. The van der Waals surface area contributed by atoms with Crippen LogP contribution in [0.4, 0.5) is 0 Å². The Balaban J connectivity index is 1.71. The summed E-state index contributed by atoms with van der Waals surface area (Å²) in [6, 6.07) is 20.9. The summed E-state index contributed by atoms with van der Waals surface area (Å²) in [4.78, 5) is 13.0. The third-order valence-corrected chi connectivity index (χ3v) is 8.51. The van der Waals surface area contributed by atoms with Crippen LogP contribution in [-0.2, 0) is 16.1 Å². The van der Waals surface area contributed by atoms with E-state index in [1.54, 1.807) is 36.5 Å². The monoisotopic (exact) mass is 525 g/mol. The molecular formula is C29H35NO6S. The van der Waals surface area contributed by atoms with Gasteiger partial charge in [0, 0.05) is 12.5 Å². The van der Waals surface area contributed by atoms with Crippen molar-refractivity contribution in [3.05, 3.63) is 89.0 Å². The van der Waals surface area contributed by atoms with Gasteiger partial charge in [0.2, 0.25) is 0 Å². The van der Waals surface area contributed by atoms with E-state index in [0.717, 1.165) is 22.3 Å². The van der Waals surface area contributed by atoms with Gasteiger partial charge in [-0.1, -0.05) is 42.5 Å². The van der Waals surface area contributed by atoms with E-state index in [2.05, 4.69) is 6.07 Å². The van der Waals surface area contributed by atoms with Crippen LogP contribution in [0.25, 0.3) is 0 Å². The molecule has 0 radical (unpaired) electrons. The van der Waals surface area contributed by atoms with Crippen LogP contribution in [0.2, 0.25) is 0 Å². The van der Waals surface area contributed by atoms with Crippen molar-refractivity contribution in [2.24, 2.45) is 0 Å². The molecule has 2 N–H and O–H groups in total. The number of rotatable bonds is 8. The van der Waals surface area contributed by atoms with Crippen molar-refractivity contribution in [2.45, 2.75) is 50.7 Å². The standard InChI is InChI=1S/C29H35NO6S/c1-5-35-29(31)17-26(22-9-8-10-25(16-22)34-4)23-14-13-20(2)24(15-23)19-30-18-21(3)36-27-11-6-7-12-28(27)37(30,32)33/h6-16,21,26,32-33H,5,17-19H2,1-4H3. The topological polar surface area (TPSA) is 88.5 Å². The van der Waals surface area contributed by atoms with Gasteiger partial charge in [0.15, 0.2) is 0 Å². The third kappa shape index (κ3) is 6.10. The van der Waals surface area contributed by atoms with Gasteiger partial charge in [0.1, 0.15) is 22.5 Å². The molecule has 0 aliphatic carbocycles. The first-order chi connectivity index (χ1) is 17.7. The van der Waals surface area contributed by atoms with Crippen molar-refractivity contribution < 1.29 is 28.1 Å². The van der Waals surface area contributed by atoms with Crippen molar-refractivity contribution in [3.8, 4) is 11.5 Å². The Morgan fingerprint density at radius 3 is 2.62 bits per heavy atom. The maximum absolute atomic E-state index is 12.6. The van der Waals surface area contributed by atoms with Gasteiger partial charge >= 0.3 is 5.97 Å². The number of aryl methyl sites for hydroxylation is 1. The molecule has 7 nitrogen and oxygen atoms in total. The predicted octanol–water partition coefficient (Wildman–Crippen LogP) is 6.40. The summed E-state index contributed by atoms with van der Waals surface area (Å²) >= 11 is 0. The average molecular weight is 526 g/mol. The van der Waals surface area contributed by atoms with E-state index in [0.29, 0.717) is 36.1 Å². The van der Waals surface area contributed by atoms with Gasteiger partial charge < -0.3 is 14.2 Å². The molecule has 0 saturated carbocycles. The van der Waals surface area contributed by atoms with Gasteiger partial charge in [-0.3, -0.25) is 13.9 Å². The molecule has 3 aromatic rings. The molecule has 3 aromatic carbocycles. The summed E-state index contributed by atoms with van der Waals surface area (Å²) in [6.07, 6.45) is -0.0487. The normalized spacial score (nSPS) is 18.6. The van der Waals surface area contributed by atoms with Gasteiger partial charge in [0.05, 0.1) is 26.7 Å². The van der Waals surface area contributed by atoms with Crippen LogP contribution in [0.1, 0.15) is 48.4 Å². The van der Waals surface area contributed by atoms with Gasteiger partial charge in [-0.05, 0) is 67.3 Å². The molecule has 1 aliphatic rings. The highest BCUT2D eigenvalue weighted by Crippen LogP contribution is 2.57. The molecule has 0 fully saturated rings. The Hall–Kier alpha value is -3.04. The van der Waals surface area contributed by atoms with Crippen molar-refractivity contribution in [3.63, 3.8) is 0 Å². The highest BCUT2D eigenvalue weighted by Gasteiger charge is 2.34. The molecule has 8 heteroatoms. The van der Waals surface area contributed by atoms with Crippen LogP contribution in [0, 0.1) is 6.92 Å². The molecule has 0 aromatic heterocycles. The lowest BCUT2D eigenvalue weighted by atomic mass is 9.86. The molecule has 2 atom stereocenters. The lowest BCUT2D eigenvalue weighted by Crippen LogP contribution is -2.33. The largest absolute Gasteiger partial charge is 0.497 e. The van der Waals surface area contributed by atoms with Crippen molar-refractivity contribution in [1.82, 2.24) is 4.31 Å². The lowest BCUT2D eigenvalue weighted by molar-refractivity contribution is -0.143. The highest BCUT2D eigenvalue weighted by atomic mass is 32.3. The van der Waals surface area contributed by atoms with Crippen LogP contribution < -0.4 is 9.47 Å². The number of carbonyl (C=O) groups is 1. The zero-order valence-corrected chi connectivity index (χ0v) is 22.5. The van der Waals surface area contributed by atoms with Crippen LogP contribution in [0.15, 0.2) is 71.6 Å². The Bertz CT molecular complexity index is 1250. The molecular weight excluding hydrogens is 490 g/mol. The first-order valence-corrected chi connectivity index (χ1v) is 13.9. The minimum absolute atomic E-state index is 0.181. The predicted molar refractivity (Wildman–Crippen MR) is 145 cm³/mol. The van der Waals surface area contributed by atoms with Gasteiger partial charge in [-0.25, -0.2) is 0 Å². The number of fused-ring (bicyclic) bond motifs is 1. The maximum atomic E-state index is 12.6. The Kier molecular flexibility index (Phi) is 8.44. The molecule has 37 heavy (non-hydrogen) atoms. The second kappa shape index (κ2) is 11.6. The third-order valence-electron chi connectivity index (χ3n) is 6.59. The number of methoxy groups -OCH3 is 1. The van der Waals surface area contributed by atoms with E-state index in [4.69, 9.17) is 14.2 Å². The lowest BCUT2D eigenvalue weighted by Gasteiger charge is -2.42. The van der Waals surface area contributed by atoms with Crippen LogP contribution >= 0.6 is 10.8 Å². The minimum Gasteiger partial charge on any atom is -0.497 e. The fourth-order valence-electron chi connectivity index (χ4n) is 4.65. The zero-order chi connectivity index (χ0) is 26.6. The van der Waals surface area contributed by atoms with E-state index in [1.807, 2.05) is 56.3 Å². The number of benzene rings is 3. The number of hydrogen-bond donors (Lipinski definition) is 2. The summed E-state index contributed by atoms with van der Waals surface area (Å²) in [7, 11) is -1.65. The molecule has 1 aliphatic heterocycles. The van der Waals surface area contributed by atoms with E-state index >= 15 is 0 Å². The van der Waals surface area contributed by atoms with Crippen LogP contribution in [0.5, 0.6) is 11.5 Å². The first-order valence-electron chi connectivity index (χ1n) is 12.4. The summed E-state index contributed by atoms with van der Waals surface area (Å²) < 4.78 is 41.1. The average Bonchev–Trinajstić information content (AvgIpc) is 2.97. The summed E-state index contributed by atoms with van der Waals surface area (Å²) in [5.41, 5.74) is 3.85. The molecule has 0 spiro atoms. The number of carbonyl (C=O) groups excluding carboxylic acids is 1. The molecule has 198 valence electrons. The number of nitrogens with zero attached hydrogens (tertiary/aromatic N) is 1. The molecule has 0 amide bonds.